The Morgan fingerprint density at radius 2 is 2.15 bits per heavy atom. The van der Waals surface area contributed by atoms with Crippen molar-refractivity contribution >= 4 is 17.2 Å². The fourth-order valence-electron chi connectivity index (χ4n) is 1.23. The molecule has 1 aliphatic carbocycles. The Morgan fingerprint density at radius 1 is 1.38 bits per heavy atom. The smallest absolute Gasteiger partial charge is 0.137 e. The normalized spacial score (nSPS) is 17.2. The zero-order valence-electron chi connectivity index (χ0n) is 6.98. The van der Waals surface area contributed by atoms with E-state index in [0.29, 0.717) is 4.88 Å². The van der Waals surface area contributed by atoms with Gasteiger partial charge in [-0.2, -0.15) is 0 Å². The highest BCUT2D eigenvalue weighted by Gasteiger charge is 2.05. The topological polar surface area (TPSA) is 0 Å². The third-order valence-electron chi connectivity index (χ3n) is 1.87. The summed E-state index contributed by atoms with van der Waals surface area (Å²) in [6.07, 6.45) is 9.43. The molecule has 13 heavy (non-hydrogen) atoms. The van der Waals surface area contributed by atoms with E-state index in [1.807, 2.05) is 35.8 Å². The fraction of sp³-hybridized carbons (Fsp3) is 0.0909. The molecular formula is C11H9FS. The summed E-state index contributed by atoms with van der Waals surface area (Å²) in [6, 6.07) is 3.65. The number of hydrogen-bond donors (Lipinski definition) is 0. The molecule has 0 saturated heterocycles. The first kappa shape index (κ1) is 8.45. The Labute approximate surface area is 80.7 Å². The van der Waals surface area contributed by atoms with E-state index >= 15 is 0 Å². The summed E-state index contributed by atoms with van der Waals surface area (Å²) in [6.45, 7) is 0. The van der Waals surface area contributed by atoms with Crippen molar-refractivity contribution in [3.8, 4) is 0 Å². The predicted octanol–water partition coefficient (Wildman–Crippen LogP) is 3.80. The molecule has 2 heteroatoms. The molecule has 0 fully saturated rings. The fourth-order valence-corrected chi connectivity index (χ4v) is 1.87. The van der Waals surface area contributed by atoms with Gasteiger partial charge in [0.15, 0.2) is 0 Å². The molecule has 0 radical (unpaired) electrons. The van der Waals surface area contributed by atoms with E-state index in [2.05, 4.69) is 0 Å². The van der Waals surface area contributed by atoms with Crippen LogP contribution < -0.4 is 0 Å². The Bertz CT molecular complexity index is 345. The SMILES string of the molecule is F/C(=C\C1C=CC=C1)c1cccs1. The molecule has 1 aliphatic rings. The van der Waals surface area contributed by atoms with Gasteiger partial charge in [-0.05, 0) is 17.5 Å². The van der Waals surface area contributed by atoms with Crippen LogP contribution in [-0.4, -0.2) is 0 Å². The lowest BCUT2D eigenvalue weighted by Crippen LogP contribution is -1.82. The summed E-state index contributed by atoms with van der Waals surface area (Å²) < 4.78 is 13.4. The van der Waals surface area contributed by atoms with Crippen LogP contribution in [0.3, 0.4) is 0 Å². The minimum absolute atomic E-state index is 0.127. The predicted molar refractivity (Wildman–Crippen MR) is 55.2 cm³/mol. The van der Waals surface area contributed by atoms with Gasteiger partial charge in [0.1, 0.15) is 5.83 Å². The van der Waals surface area contributed by atoms with E-state index in [1.165, 1.54) is 11.3 Å². The lowest BCUT2D eigenvalue weighted by molar-refractivity contribution is 0.755. The van der Waals surface area contributed by atoms with Crippen LogP contribution in [0.25, 0.3) is 5.83 Å². The van der Waals surface area contributed by atoms with Crippen LogP contribution in [0.2, 0.25) is 0 Å². The van der Waals surface area contributed by atoms with Gasteiger partial charge in [-0.15, -0.1) is 11.3 Å². The number of thiophene rings is 1. The van der Waals surface area contributed by atoms with Crippen molar-refractivity contribution in [2.24, 2.45) is 5.92 Å². The minimum atomic E-state index is -0.129. The van der Waals surface area contributed by atoms with Crippen molar-refractivity contribution in [1.29, 1.82) is 0 Å². The molecule has 0 aliphatic heterocycles. The van der Waals surface area contributed by atoms with E-state index in [-0.39, 0.29) is 11.7 Å². The van der Waals surface area contributed by atoms with Crippen LogP contribution in [-0.2, 0) is 0 Å². The molecular weight excluding hydrogens is 183 g/mol. The lowest BCUT2D eigenvalue weighted by Gasteiger charge is -1.96. The summed E-state index contributed by atoms with van der Waals surface area (Å²) in [7, 11) is 0. The zero-order chi connectivity index (χ0) is 9.10. The first-order chi connectivity index (χ1) is 6.36. The van der Waals surface area contributed by atoms with E-state index in [0.717, 1.165) is 0 Å². The van der Waals surface area contributed by atoms with Gasteiger partial charge in [0.25, 0.3) is 0 Å². The van der Waals surface area contributed by atoms with Crippen molar-refractivity contribution in [3.05, 3.63) is 52.8 Å². The van der Waals surface area contributed by atoms with Crippen LogP contribution >= 0.6 is 11.3 Å². The van der Waals surface area contributed by atoms with E-state index in [9.17, 15) is 4.39 Å². The van der Waals surface area contributed by atoms with Gasteiger partial charge in [-0.1, -0.05) is 30.4 Å². The number of halogens is 1. The Balaban J connectivity index is 2.16. The highest BCUT2D eigenvalue weighted by atomic mass is 32.1. The van der Waals surface area contributed by atoms with Gasteiger partial charge in [0, 0.05) is 5.92 Å². The van der Waals surface area contributed by atoms with Gasteiger partial charge in [0.05, 0.1) is 4.88 Å². The summed E-state index contributed by atoms with van der Waals surface area (Å²) in [5.41, 5.74) is 0. The first-order valence-corrected chi connectivity index (χ1v) is 5.00. The molecule has 0 bridgehead atoms. The summed E-state index contributed by atoms with van der Waals surface area (Å²) in [5, 5.41) is 1.88. The first-order valence-electron chi connectivity index (χ1n) is 4.12. The van der Waals surface area contributed by atoms with E-state index in [1.54, 1.807) is 12.1 Å². The van der Waals surface area contributed by atoms with Gasteiger partial charge >= 0.3 is 0 Å². The summed E-state index contributed by atoms with van der Waals surface area (Å²) in [5.74, 6) is -0.00157. The molecule has 0 unspecified atom stereocenters. The summed E-state index contributed by atoms with van der Waals surface area (Å²) in [4.78, 5) is 0.703. The number of allylic oxidation sites excluding steroid dienone is 5. The molecule has 0 atom stereocenters. The van der Waals surface area contributed by atoms with Gasteiger partial charge in [-0.3, -0.25) is 0 Å². The molecule has 1 heterocycles. The molecule has 0 saturated carbocycles. The Morgan fingerprint density at radius 3 is 2.77 bits per heavy atom. The second kappa shape index (κ2) is 3.71. The molecule has 66 valence electrons. The average Bonchev–Trinajstić information content (AvgIpc) is 2.74. The lowest BCUT2D eigenvalue weighted by atomic mass is 10.1. The second-order valence-corrected chi connectivity index (χ2v) is 3.79. The van der Waals surface area contributed by atoms with Crippen molar-refractivity contribution < 1.29 is 4.39 Å². The van der Waals surface area contributed by atoms with Crippen LogP contribution in [0.15, 0.2) is 47.9 Å². The highest BCUT2D eigenvalue weighted by Crippen LogP contribution is 2.24. The maximum atomic E-state index is 13.4. The molecule has 0 nitrogen and oxygen atoms in total. The minimum Gasteiger partial charge on any atom is -0.206 e. The van der Waals surface area contributed by atoms with Crippen LogP contribution in [0.5, 0.6) is 0 Å². The highest BCUT2D eigenvalue weighted by molar-refractivity contribution is 7.11. The summed E-state index contributed by atoms with van der Waals surface area (Å²) >= 11 is 1.42. The van der Waals surface area contributed by atoms with Gasteiger partial charge in [0.2, 0.25) is 0 Å². The third kappa shape index (κ3) is 1.95. The van der Waals surface area contributed by atoms with Crippen molar-refractivity contribution in [2.45, 2.75) is 0 Å². The quantitative estimate of drug-likeness (QED) is 0.668. The maximum absolute atomic E-state index is 13.4. The maximum Gasteiger partial charge on any atom is 0.137 e. The monoisotopic (exact) mass is 192 g/mol. The molecule has 1 aromatic heterocycles. The Hall–Kier alpha value is -1.15. The third-order valence-corrected chi connectivity index (χ3v) is 2.75. The molecule has 0 amide bonds. The van der Waals surface area contributed by atoms with Crippen molar-refractivity contribution in [2.75, 3.05) is 0 Å². The average molecular weight is 192 g/mol. The van der Waals surface area contributed by atoms with E-state index < -0.39 is 0 Å². The van der Waals surface area contributed by atoms with E-state index in [4.69, 9.17) is 0 Å². The zero-order valence-corrected chi connectivity index (χ0v) is 7.80. The molecule has 0 aromatic carbocycles. The standard InChI is InChI=1S/C11H9FS/c12-10(11-6-3-7-13-11)8-9-4-1-2-5-9/h1-9H/b10-8-. The molecule has 1 aromatic rings. The Kier molecular flexibility index (Phi) is 2.41. The van der Waals surface area contributed by atoms with Crippen molar-refractivity contribution in [1.82, 2.24) is 0 Å². The molecule has 0 spiro atoms. The van der Waals surface area contributed by atoms with Crippen LogP contribution in [0.4, 0.5) is 4.39 Å². The van der Waals surface area contributed by atoms with Crippen LogP contribution in [0, 0.1) is 5.92 Å². The van der Waals surface area contributed by atoms with Crippen molar-refractivity contribution in [3.63, 3.8) is 0 Å². The van der Waals surface area contributed by atoms with Gasteiger partial charge < -0.3 is 0 Å². The second-order valence-electron chi connectivity index (χ2n) is 2.84. The number of rotatable bonds is 2. The number of hydrogen-bond acceptors (Lipinski definition) is 1. The molecule has 2 rings (SSSR count). The van der Waals surface area contributed by atoms with Crippen LogP contribution in [0.1, 0.15) is 4.88 Å². The molecule has 0 N–H and O–H groups in total. The largest absolute Gasteiger partial charge is 0.206 e. The van der Waals surface area contributed by atoms with Gasteiger partial charge in [-0.25, -0.2) is 4.39 Å².